The lowest BCUT2D eigenvalue weighted by Gasteiger charge is -2.34. The first-order chi connectivity index (χ1) is 33.2. The van der Waals surface area contributed by atoms with Crippen molar-refractivity contribution in [2.24, 2.45) is 0 Å². The van der Waals surface area contributed by atoms with Crippen LogP contribution in [0.2, 0.25) is 0 Å². The largest absolute Gasteiger partial charge is 0.304 e. The summed E-state index contributed by atoms with van der Waals surface area (Å²) in [4.78, 5) is 11.0. The van der Waals surface area contributed by atoms with Crippen molar-refractivity contribution >= 4 is 0 Å². The first-order valence-electron chi connectivity index (χ1n) is 31.0. The summed E-state index contributed by atoms with van der Waals surface area (Å²) in [5.74, 6) is 0. The molecule has 1 rings (SSSR count). The molecule has 0 atom stereocenters. The lowest BCUT2D eigenvalue weighted by atomic mass is 10.1. The van der Waals surface area contributed by atoms with Crippen LogP contribution in [0.15, 0.2) is 36.5 Å². The topological polar surface area (TPSA) is 13.0 Å². The van der Waals surface area contributed by atoms with E-state index in [1.807, 2.05) is 0 Å². The molecule has 0 spiro atoms. The van der Waals surface area contributed by atoms with E-state index in [1.165, 1.54) is 342 Å². The Hall–Kier alpha value is -0.940. The van der Waals surface area contributed by atoms with Gasteiger partial charge in [-0.3, -0.25) is 4.90 Å². The minimum atomic E-state index is 1.23. The highest BCUT2D eigenvalue weighted by Crippen LogP contribution is 2.15. The number of unbranched alkanes of at least 4 members (excludes halogenated alkanes) is 36. The summed E-state index contributed by atoms with van der Waals surface area (Å²) in [6.07, 6.45) is 73.3. The van der Waals surface area contributed by atoms with Gasteiger partial charge in [-0.15, -0.1) is 0 Å². The predicted octanol–water partition coefficient (Wildman–Crippen LogP) is 19.0. The number of nitrogens with zero attached hydrogens (tertiary/aromatic N) is 4. The van der Waals surface area contributed by atoms with Crippen LogP contribution >= 0.6 is 0 Å². The molecule has 1 aliphatic rings. The summed E-state index contributed by atoms with van der Waals surface area (Å²) in [6, 6.07) is 0. The van der Waals surface area contributed by atoms with Crippen LogP contribution in [-0.2, 0) is 0 Å². The number of rotatable bonds is 54. The first kappa shape index (κ1) is 64.1. The van der Waals surface area contributed by atoms with Crippen molar-refractivity contribution in [2.45, 2.75) is 290 Å². The molecule has 0 N–H and O–H groups in total. The van der Waals surface area contributed by atoms with Crippen LogP contribution in [-0.4, -0.2) is 98.6 Å². The summed E-state index contributed by atoms with van der Waals surface area (Å²) in [7, 11) is 2.29. The SMILES string of the molecule is CCCCCCCC/C=C\CCCCCCCCN(CCCCCCCC/C=C\CCCCCCCC)CCN(CCCCCCCC/C=C\CCCCCCCC)CCN1CCN(C)CC1. The third-order valence-electron chi connectivity index (χ3n) is 15.0. The predicted molar refractivity (Wildman–Crippen MR) is 305 cm³/mol. The molecular weight excluding hydrogens is 813 g/mol. The molecular formula is C63H124N4. The fraction of sp³-hybridized carbons (Fsp3) is 0.905. The maximum Gasteiger partial charge on any atom is 0.0110 e. The van der Waals surface area contributed by atoms with Gasteiger partial charge in [0.25, 0.3) is 0 Å². The summed E-state index contributed by atoms with van der Waals surface area (Å²) in [5.41, 5.74) is 0. The van der Waals surface area contributed by atoms with Crippen molar-refractivity contribution in [3.05, 3.63) is 36.5 Å². The zero-order chi connectivity index (χ0) is 48.0. The Morgan fingerprint density at radius 3 is 0.791 bits per heavy atom. The second-order valence-electron chi connectivity index (χ2n) is 21.6. The number of likely N-dealkylation sites (N-methyl/N-ethyl adjacent to an activating group) is 1. The van der Waals surface area contributed by atoms with Gasteiger partial charge in [-0.1, -0.05) is 231 Å². The molecule has 4 nitrogen and oxygen atoms in total. The Labute approximate surface area is 423 Å². The lowest BCUT2D eigenvalue weighted by Crippen LogP contribution is -2.47. The Balaban J connectivity index is 2.48. The smallest absolute Gasteiger partial charge is 0.0110 e. The zero-order valence-electron chi connectivity index (χ0n) is 46.7. The molecule has 0 radical (unpaired) electrons. The van der Waals surface area contributed by atoms with Gasteiger partial charge in [0.2, 0.25) is 0 Å². The first-order valence-corrected chi connectivity index (χ1v) is 31.0. The molecule has 0 aromatic carbocycles. The van der Waals surface area contributed by atoms with Gasteiger partial charge in [-0.05, 0) is 123 Å². The van der Waals surface area contributed by atoms with Crippen LogP contribution in [0.3, 0.4) is 0 Å². The van der Waals surface area contributed by atoms with E-state index in [9.17, 15) is 0 Å². The van der Waals surface area contributed by atoms with E-state index >= 15 is 0 Å². The summed E-state index contributed by atoms with van der Waals surface area (Å²) >= 11 is 0. The van der Waals surface area contributed by atoms with E-state index in [-0.39, 0.29) is 0 Å². The summed E-state index contributed by atoms with van der Waals surface area (Å²) < 4.78 is 0. The molecule has 1 heterocycles. The molecule has 0 aromatic heterocycles. The quantitative estimate of drug-likeness (QED) is 0.0445. The summed E-state index contributed by atoms with van der Waals surface area (Å²) in [5, 5.41) is 0. The maximum atomic E-state index is 2.90. The Bertz CT molecular complexity index is 971. The third kappa shape index (κ3) is 48.5. The van der Waals surface area contributed by atoms with E-state index in [4.69, 9.17) is 0 Å². The average Bonchev–Trinajstić information content (AvgIpc) is 3.34. The molecule has 1 saturated heterocycles. The minimum Gasteiger partial charge on any atom is -0.304 e. The number of hydrogen-bond donors (Lipinski definition) is 0. The van der Waals surface area contributed by atoms with Crippen molar-refractivity contribution in [1.29, 1.82) is 0 Å². The number of piperazine rings is 1. The fourth-order valence-corrected chi connectivity index (χ4v) is 10.1. The zero-order valence-corrected chi connectivity index (χ0v) is 46.7. The van der Waals surface area contributed by atoms with Gasteiger partial charge in [0, 0.05) is 52.4 Å². The average molecular weight is 938 g/mol. The fourth-order valence-electron chi connectivity index (χ4n) is 10.1. The van der Waals surface area contributed by atoms with Crippen molar-refractivity contribution < 1.29 is 0 Å². The van der Waals surface area contributed by atoms with Crippen LogP contribution in [0, 0.1) is 0 Å². The van der Waals surface area contributed by atoms with Gasteiger partial charge < -0.3 is 14.7 Å². The molecule has 1 fully saturated rings. The second kappa shape index (κ2) is 54.4. The molecule has 0 aliphatic carbocycles. The van der Waals surface area contributed by atoms with Gasteiger partial charge in [0.05, 0.1) is 0 Å². The standard InChI is InChI=1S/C63H124N4/c1-5-8-11-14-17-20-23-26-29-32-35-38-41-44-47-50-53-65(54-51-48-45-42-39-36-33-30-27-24-21-18-15-12-9-6-2)60-61-66(62-63-67-58-56-64(4)57-59-67)55-52-49-46-43-40-37-34-31-28-25-22-19-16-13-10-7-3/h26-31H,5-25,32-63H2,1-4H3/b29-26-,30-27-,31-28-. The Morgan fingerprint density at radius 2 is 0.507 bits per heavy atom. The second-order valence-corrected chi connectivity index (χ2v) is 21.6. The number of hydrogen-bond acceptors (Lipinski definition) is 4. The van der Waals surface area contributed by atoms with Crippen LogP contribution in [0.4, 0.5) is 0 Å². The Kier molecular flexibility index (Phi) is 52.0. The molecule has 0 saturated carbocycles. The van der Waals surface area contributed by atoms with Crippen molar-refractivity contribution in [2.75, 3.05) is 79.0 Å². The van der Waals surface area contributed by atoms with E-state index in [2.05, 4.69) is 83.9 Å². The van der Waals surface area contributed by atoms with E-state index in [0.29, 0.717) is 0 Å². The van der Waals surface area contributed by atoms with E-state index < -0.39 is 0 Å². The van der Waals surface area contributed by atoms with Gasteiger partial charge in [-0.2, -0.15) is 0 Å². The molecule has 1 aliphatic heterocycles. The highest BCUT2D eigenvalue weighted by atomic mass is 15.3. The molecule has 67 heavy (non-hydrogen) atoms. The lowest BCUT2D eigenvalue weighted by molar-refractivity contribution is 0.128. The van der Waals surface area contributed by atoms with Crippen LogP contribution in [0.5, 0.6) is 0 Å². The summed E-state index contributed by atoms with van der Waals surface area (Å²) in [6.45, 7) is 20.8. The molecule has 0 bridgehead atoms. The van der Waals surface area contributed by atoms with Crippen LogP contribution in [0.1, 0.15) is 290 Å². The molecule has 4 heteroatoms. The van der Waals surface area contributed by atoms with Crippen molar-refractivity contribution in [3.63, 3.8) is 0 Å². The minimum absolute atomic E-state index is 1.23. The van der Waals surface area contributed by atoms with Gasteiger partial charge in [0.15, 0.2) is 0 Å². The van der Waals surface area contributed by atoms with E-state index in [1.54, 1.807) is 0 Å². The van der Waals surface area contributed by atoms with Crippen molar-refractivity contribution in [1.82, 2.24) is 19.6 Å². The van der Waals surface area contributed by atoms with Crippen LogP contribution < -0.4 is 0 Å². The van der Waals surface area contributed by atoms with Gasteiger partial charge in [-0.25, -0.2) is 0 Å². The van der Waals surface area contributed by atoms with Gasteiger partial charge in [0.1, 0.15) is 0 Å². The van der Waals surface area contributed by atoms with Gasteiger partial charge >= 0.3 is 0 Å². The maximum absolute atomic E-state index is 2.90. The molecule has 0 aromatic rings. The molecule has 0 unspecified atom stereocenters. The third-order valence-corrected chi connectivity index (χ3v) is 15.0. The molecule has 396 valence electrons. The normalized spacial score (nSPS) is 14.2. The van der Waals surface area contributed by atoms with E-state index in [0.717, 1.165) is 0 Å². The van der Waals surface area contributed by atoms with Crippen LogP contribution in [0.25, 0.3) is 0 Å². The highest BCUT2D eigenvalue weighted by Gasteiger charge is 2.16. The Morgan fingerprint density at radius 1 is 0.269 bits per heavy atom. The van der Waals surface area contributed by atoms with Crippen molar-refractivity contribution in [3.8, 4) is 0 Å². The molecule has 0 amide bonds. The number of allylic oxidation sites excluding steroid dienone is 6. The monoisotopic (exact) mass is 937 g/mol. The highest BCUT2D eigenvalue weighted by molar-refractivity contribution is 4.83.